The number of hydrogen-bond donors (Lipinski definition) is 1. The molecule has 0 aliphatic carbocycles. The van der Waals surface area contributed by atoms with Crippen molar-refractivity contribution < 1.29 is 17.6 Å². The van der Waals surface area contributed by atoms with Crippen LogP contribution in [-0.4, -0.2) is 15.2 Å². The largest absolute Gasteiger partial charge is 0.419 e. The van der Waals surface area contributed by atoms with Gasteiger partial charge in [-0.2, -0.15) is 18.3 Å². The Morgan fingerprint density at radius 3 is 2.50 bits per heavy atom. The molecule has 0 aliphatic heterocycles. The second kappa shape index (κ2) is 3.58. The van der Waals surface area contributed by atoms with E-state index in [2.05, 4.69) is 15.2 Å². The van der Waals surface area contributed by atoms with Gasteiger partial charge in [0.25, 0.3) is 0 Å². The Balaban J connectivity index is 2.52. The number of nitrogens with one attached hydrogen (secondary N) is 1. The van der Waals surface area contributed by atoms with Crippen molar-refractivity contribution in [2.24, 2.45) is 0 Å². The van der Waals surface area contributed by atoms with Crippen molar-refractivity contribution in [3.63, 3.8) is 0 Å². The van der Waals surface area contributed by atoms with Crippen molar-refractivity contribution in [1.29, 1.82) is 0 Å². The highest BCUT2D eigenvalue weighted by Gasteiger charge is 2.34. The van der Waals surface area contributed by atoms with Gasteiger partial charge in [-0.25, -0.2) is 9.37 Å². The van der Waals surface area contributed by atoms with Crippen molar-refractivity contribution in [3.8, 4) is 11.4 Å². The number of rotatable bonds is 1. The Morgan fingerprint density at radius 1 is 1.19 bits per heavy atom. The molecular formula is C9H5F4N3. The quantitative estimate of drug-likeness (QED) is 0.766. The third kappa shape index (κ3) is 1.88. The Kier molecular flexibility index (Phi) is 2.37. The Morgan fingerprint density at radius 2 is 1.94 bits per heavy atom. The summed E-state index contributed by atoms with van der Waals surface area (Å²) in [4.78, 5) is 3.68. The van der Waals surface area contributed by atoms with Gasteiger partial charge in [-0.15, -0.1) is 0 Å². The summed E-state index contributed by atoms with van der Waals surface area (Å²) in [6, 6.07) is 2.64. The van der Waals surface area contributed by atoms with Gasteiger partial charge in [0.2, 0.25) is 0 Å². The molecule has 0 fully saturated rings. The maximum absolute atomic E-state index is 12.9. The Labute approximate surface area is 87.1 Å². The topological polar surface area (TPSA) is 41.6 Å². The first-order valence-electron chi connectivity index (χ1n) is 4.21. The summed E-state index contributed by atoms with van der Waals surface area (Å²) in [6.45, 7) is 0. The van der Waals surface area contributed by atoms with E-state index in [4.69, 9.17) is 0 Å². The zero-order valence-electron chi connectivity index (χ0n) is 7.72. The van der Waals surface area contributed by atoms with Crippen molar-refractivity contribution in [2.45, 2.75) is 6.18 Å². The lowest BCUT2D eigenvalue weighted by Crippen LogP contribution is -2.08. The molecule has 0 amide bonds. The van der Waals surface area contributed by atoms with E-state index in [-0.39, 0.29) is 11.4 Å². The highest BCUT2D eigenvalue weighted by molar-refractivity contribution is 5.55. The highest BCUT2D eigenvalue weighted by Crippen LogP contribution is 2.33. The predicted octanol–water partition coefficient (Wildman–Crippen LogP) is 2.63. The van der Waals surface area contributed by atoms with Gasteiger partial charge >= 0.3 is 6.18 Å². The molecule has 16 heavy (non-hydrogen) atoms. The molecule has 0 spiro atoms. The average Bonchev–Trinajstić information content (AvgIpc) is 2.69. The maximum atomic E-state index is 12.9. The molecule has 1 aromatic carbocycles. The minimum Gasteiger partial charge on any atom is -0.259 e. The van der Waals surface area contributed by atoms with Gasteiger partial charge in [-0.1, -0.05) is 0 Å². The highest BCUT2D eigenvalue weighted by atomic mass is 19.4. The van der Waals surface area contributed by atoms with Gasteiger partial charge < -0.3 is 0 Å². The molecule has 0 unspecified atom stereocenters. The summed E-state index contributed by atoms with van der Waals surface area (Å²) in [5.74, 6) is -1.15. The molecular weight excluding hydrogens is 226 g/mol. The van der Waals surface area contributed by atoms with E-state index in [0.717, 1.165) is 12.4 Å². The molecule has 2 aromatic rings. The zero-order valence-corrected chi connectivity index (χ0v) is 7.72. The first-order valence-corrected chi connectivity index (χ1v) is 4.21. The van der Waals surface area contributed by atoms with Crippen LogP contribution in [0.1, 0.15) is 5.56 Å². The number of aromatic nitrogens is 3. The van der Waals surface area contributed by atoms with Gasteiger partial charge in [-0.3, -0.25) is 5.10 Å². The van der Waals surface area contributed by atoms with Crippen LogP contribution in [0.3, 0.4) is 0 Å². The van der Waals surface area contributed by atoms with Gasteiger partial charge in [0.15, 0.2) is 5.82 Å². The number of aromatic amines is 1. The summed E-state index contributed by atoms with van der Waals surface area (Å²) in [7, 11) is 0. The van der Waals surface area contributed by atoms with Gasteiger partial charge in [-0.05, 0) is 18.2 Å². The van der Waals surface area contributed by atoms with Crippen LogP contribution in [0.15, 0.2) is 24.5 Å². The van der Waals surface area contributed by atoms with Crippen LogP contribution in [0.4, 0.5) is 17.6 Å². The molecule has 0 bridgehead atoms. The van der Waals surface area contributed by atoms with E-state index >= 15 is 0 Å². The van der Waals surface area contributed by atoms with Crippen LogP contribution in [0.2, 0.25) is 0 Å². The van der Waals surface area contributed by atoms with Crippen molar-refractivity contribution in [1.82, 2.24) is 15.2 Å². The molecule has 2 rings (SSSR count). The average molecular weight is 231 g/mol. The fraction of sp³-hybridized carbons (Fsp3) is 0.111. The fourth-order valence-corrected chi connectivity index (χ4v) is 1.23. The fourth-order valence-electron chi connectivity index (χ4n) is 1.23. The molecule has 3 nitrogen and oxygen atoms in total. The van der Waals surface area contributed by atoms with Crippen LogP contribution in [0, 0.1) is 5.82 Å². The number of nitrogens with zero attached hydrogens (tertiary/aromatic N) is 2. The van der Waals surface area contributed by atoms with E-state index in [0.29, 0.717) is 6.07 Å². The lowest BCUT2D eigenvalue weighted by atomic mass is 10.1. The maximum Gasteiger partial charge on any atom is 0.419 e. The van der Waals surface area contributed by atoms with E-state index in [1.807, 2.05) is 0 Å². The summed E-state index contributed by atoms with van der Waals surface area (Å²) in [6.07, 6.45) is -3.56. The second-order valence-corrected chi connectivity index (χ2v) is 3.03. The normalized spacial score (nSPS) is 11.8. The van der Waals surface area contributed by atoms with Crippen LogP contribution >= 0.6 is 0 Å². The zero-order chi connectivity index (χ0) is 11.8. The summed E-state index contributed by atoms with van der Waals surface area (Å²) < 4.78 is 50.1. The lowest BCUT2D eigenvalue weighted by Gasteiger charge is -2.08. The lowest BCUT2D eigenvalue weighted by molar-refractivity contribution is -0.139. The first kappa shape index (κ1) is 10.6. The van der Waals surface area contributed by atoms with Crippen molar-refractivity contribution in [2.75, 3.05) is 0 Å². The van der Waals surface area contributed by atoms with Crippen LogP contribution in [0.5, 0.6) is 0 Å². The number of alkyl halides is 3. The third-order valence-corrected chi connectivity index (χ3v) is 1.96. The Hall–Kier alpha value is -1.92. The second-order valence-electron chi connectivity index (χ2n) is 3.03. The molecule has 1 aromatic heterocycles. The van der Waals surface area contributed by atoms with Crippen LogP contribution in [-0.2, 0) is 6.18 Å². The smallest absolute Gasteiger partial charge is 0.259 e. The predicted molar refractivity (Wildman–Crippen MR) is 46.8 cm³/mol. The summed E-state index contributed by atoms with van der Waals surface area (Å²) in [5.41, 5.74) is -1.19. The standard InChI is InChI=1S/C9H5F4N3/c10-7-2-1-5(8-14-4-15-16-8)3-6(7)9(11,12)13/h1-4H,(H,14,15,16). The number of halogens is 4. The minimum absolute atomic E-state index is 0.131. The van der Waals surface area contributed by atoms with Gasteiger partial charge in [0.05, 0.1) is 5.56 Å². The molecule has 0 radical (unpaired) electrons. The molecule has 1 heterocycles. The Bertz CT molecular complexity index is 490. The molecule has 0 saturated carbocycles. The SMILES string of the molecule is Fc1ccc(-c2ncn[nH]2)cc1C(F)(F)F. The molecule has 0 aliphatic rings. The van der Waals surface area contributed by atoms with Gasteiger partial charge in [0.1, 0.15) is 12.1 Å². The van der Waals surface area contributed by atoms with E-state index in [9.17, 15) is 17.6 Å². The molecule has 0 atom stereocenters. The van der Waals surface area contributed by atoms with E-state index in [1.54, 1.807) is 0 Å². The van der Waals surface area contributed by atoms with E-state index < -0.39 is 17.6 Å². The first-order chi connectivity index (χ1) is 7.48. The van der Waals surface area contributed by atoms with E-state index in [1.165, 1.54) is 6.07 Å². The molecule has 7 heteroatoms. The third-order valence-electron chi connectivity index (χ3n) is 1.96. The summed E-state index contributed by atoms with van der Waals surface area (Å²) in [5, 5.41) is 5.90. The van der Waals surface area contributed by atoms with Crippen LogP contribution < -0.4 is 0 Å². The number of hydrogen-bond acceptors (Lipinski definition) is 2. The van der Waals surface area contributed by atoms with Crippen LogP contribution in [0.25, 0.3) is 11.4 Å². The van der Waals surface area contributed by atoms with Gasteiger partial charge in [0, 0.05) is 5.56 Å². The minimum atomic E-state index is -4.72. The number of benzene rings is 1. The molecule has 84 valence electrons. The number of H-pyrrole nitrogens is 1. The monoisotopic (exact) mass is 231 g/mol. The molecule has 0 saturated heterocycles. The summed E-state index contributed by atoms with van der Waals surface area (Å²) >= 11 is 0. The van der Waals surface area contributed by atoms with Crippen molar-refractivity contribution >= 4 is 0 Å². The molecule has 1 N–H and O–H groups in total. The van der Waals surface area contributed by atoms with Crippen molar-refractivity contribution in [3.05, 3.63) is 35.9 Å².